The van der Waals surface area contributed by atoms with Crippen LogP contribution in [0.2, 0.25) is 0 Å². The predicted molar refractivity (Wildman–Crippen MR) is 190 cm³/mol. The van der Waals surface area contributed by atoms with Crippen LogP contribution in [-0.2, 0) is 51.2 Å². The molecule has 0 spiro atoms. The summed E-state index contributed by atoms with van der Waals surface area (Å²) in [5, 5.41) is 42.8. The first-order chi connectivity index (χ1) is 25.4. The molecule has 0 radical (unpaired) electrons. The minimum absolute atomic E-state index is 0.0513. The van der Waals surface area contributed by atoms with Crippen molar-refractivity contribution in [3.8, 4) is 5.75 Å². The Morgan fingerprint density at radius 2 is 1.33 bits per heavy atom. The summed E-state index contributed by atoms with van der Waals surface area (Å²) in [7, 11) is 0. The fourth-order valence-corrected chi connectivity index (χ4v) is 4.92. The lowest BCUT2D eigenvalue weighted by molar-refractivity contribution is -0.143. The van der Waals surface area contributed by atoms with Crippen LogP contribution in [0.4, 0.5) is 0 Å². The van der Waals surface area contributed by atoms with Crippen molar-refractivity contribution in [3.63, 3.8) is 0 Å². The number of aromatic amines is 1. The third-order valence-electron chi connectivity index (χ3n) is 7.83. The number of imidazole rings is 1. The van der Waals surface area contributed by atoms with E-state index in [4.69, 9.17) is 10.8 Å². The maximum atomic E-state index is 13.7. The Morgan fingerprint density at radius 1 is 0.741 bits per heavy atom. The van der Waals surface area contributed by atoms with Crippen LogP contribution < -0.4 is 37.6 Å². The molecule has 0 unspecified atom stereocenters. The highest BCUT2D eigenvalue weighted by molar-refractivity contribution is 5.96. The van der Waals surface area contributed by atoms with E-state index in [0.29, 0.717) is 11.3 Å². The number of rotatable bonds is 22. The summed E-state index contributed by atoms with van der Waals surface area (Å²) in [6.45, 7) is 5.66. The van der Waals surface area contributed by atoms with Gasteiger partial charge in [-0.1, -0.05) is 26.0 Å². The van der Waals surface area contributed by atoms with Crippen LogP contribution >= 0.6 is 0 Å². The number of phenolic OH excluding ortho intramolecular Hbond substituents is 1. The van der Waals surface area contributed by atoms with Crippen LogP contribution in [0, 0.1) is 5.92 Å². The van der Waals surface area contributed by atoms with E-state index in [1.165, 1.54) is 50.6 Å². The van der Waals surface area contributed by atoms with Crippen LogP contribution in [0.15, 0.2) is 36.8 Å². The molecule has 0 bridgehead atoms. The maximum Gasteiger partial charge on any atom is 0.326 e. The van der Waals surface area contributed by atoms with Gasteiger partial charge in [0.1, 0.15) is 36.0 Å². The zero-order valence-corrected chi connectivity index (χ0v) is 30.4. The van der Waals surface area contributed by atoms with Gasteiger partial charge in [-0.3, -0.25) is 33.6 Å². The van der Waals surface area contributed by atoms with E-state index in [2.05, 4.69) is 41.9 Å². The van der Waals surface area contributed by atoms with Crippen molar-refractivity contribution in [2.45, 2.75) is 96.1 Å². The number of phenols is 1. The van der Waals surface area contributed by atoms with E-state index >= 15 is 0 Å². The Hall–Kier alpha value is -6.05. The smallest absolute Gasteiger partial charge is 0.326 e. The summed E-state index contributed by atoms with van der Waals surface area (Å²) in [6.07, 6.45) is 1.73. The molecule has 1 heterocycles. The van der Waals surface area contributed by atoms with Crippen molar-refractivity contribution < 1.29 is 53.7 Å². The van der Waals surface area contributed by atoms with Crippen LogP contribution in [0.5, 0.6) is 5.75 Å². The van der Waals surface area contributed by atoms with E-state index in [0.717, 1.165) is 0 Å². The number of nitrogens with one attached hydrogen (secondary N) is 7. The van der Waals surface area contributed by atoms with Gasteiger partial charge in [-0.2, -0.15) is 0 Å². The second kappa shape index (κ2) is 21.5. The van der Waals surface area contributed by atoms with E-state index in [1.54, 1.807) is 13.8 Å². The molecule has 0 fully saturated rings. The van der Waals surface area contributed by atoms with Crippen molar-refractivity contribution in [1.82, 2.24) is 41.9 Å². The van der Waals surface area contributed by atoms with E-state index in [-0.39, 0.29) is 30.9 Å². The van der Waals surface area contributed by atoms with Crippen molar-refractivity contribution >= 4 is 47.4 Å². The Labute approximate surface area is 310 Å². The average molecular weight is 760 g/mol. The van der Waals surface area contributed by atoms with Crippen molar-refractivity contribution in [2.24, 2.45) is 11.7 Å². The van der Waals surface area contributed by atoms with Crippen LogP contribution in [0.25, 0.3) is 0 Å². The predicted octanol–water partition coefficient (Wildman–Crippen LogP) is -2.20. The Bertz CT molecular complexity index is 1610. The quantitative estimate of drug-likeness (QED) is 0.0608. The highest BCUT2D eigenvalue weighted by Gasteiger charge is 2.31. The molecule has 2 aromatic rings. The van der Waals surface area contributed by atoms with Gasteiger partial charge in [0.25, 0.3) is 0 Å². The average Bonchev–Trinajstić information content (AvgIpc) is 3.61. The van der Waals surface area contributed by atoms with Crippen LogP contribution in [0.3, 0.4) is 0 Å². The van der Waals surface area contributed by atoms with Gasteiger partial charge in [0.2, 0.25) is 35.4 Å². The fraction of sp³-hybridized carbons (Fsp3) is 0.500. The minimum Gasteiger partial charge on any atom is -0.508 e. The lowest BCUT2D eigenvalue weighted by atomic mass is 10.0. The molecule has 6 atom stereocenters. The van der Waals surface area contributed by atoms with Crippen molar-refractivity contribution in [3.05, 3.63) is 48.0 Å². The number of carboxylic acid groups (broad SMARTS) is 2. The monoisotopic (exact) mass is 759 g/mol. The largest absolute Gasteiger partial charge is 0.508 e. The number of nitrogens with two attached hydrogens (primary N) is 1. The van der Waals surface area contributed by atoms with Gasteiger partial charge in [0, 0.05) is 31.2 Å². The molecule has 0 saturated heterocycles. The first kappa shape index (κ1) is 44.1. The van der Waals surface area contributed by atoms with Gasteiger partial charge in [-0.25, -0.2) is 9.78 Å². The molecule has 0 aliphatic rings. The van der Waals surface area contributed by atoms with Crippen LogP contribution in [0.1, 0.15) is 58.2 Å². The number of aromatic hydroxyl groups is 1. The van der Waals surface area contributed by atoms with Crippen LogP contribution in [-0.4, -0.2) is 115 Å². The highest BCUT2D eigenvalue weighted by atomic mass is 16.4. The molecule has 6 amide bonds. The molecule has 296 valence electrons. The molecule has 12 N–H and O–H groups in total. The molecular weight excluding hydrogens is 710 g/mol. The molecule has 1 aromatic heterocycles. The van der Waals surface area contributed by atoms with E-state index in [1.807, 2.05) is 0 Å². The third kappa shape index (κ3) is 15.7. The SMILES string of the molecule is CC(C)C[C@H](NC(=O)CNC(=O)[C@H](Cc1ccc(O)cc1)NC(=O)[C@H](Cc1cnc[nH]1)NC(=O)[C@H](C)NC(=O)[C@H](C)N)C(=O)N[C@@H](CCC(=O)O)C(=O)O. The minimum atomic E-state index is -1.53. The van der Waals surface area contributed by atoms with Gasteiger partial charge >= 0.3 is 11.9 Å². The summed E-state index contributed by atoms with van der Waals surface area (Å²) in [5.41, 5.74) is 6.53. The molecular formula is C34H49N9O11. The summed E-state index contributed by atoms with van der Waals surface area (Å²) in [6, 6.07) is -1.61. The Morgan fingerprint density at radius 3 is 1.89 bits per heavy atom. The van der Waals surface area contributed by atoms with E-state index in [9.17, 15) is 48.6 Å². The number of nitrogens with zero attached hydrogens (tertiary/aromatic N) is 1. The summed E-state index contributed by atoms with van der Waals surface area (Å²) in [4.78, 5) is 108. The molecule has 2 rings (SSSR count). The maximum absolute atomic E-state index is 13.7. The number of hydrogen-bond acceptors (Lipinski definition) is 11. The number of hydrogen-bond donors (Lipinski definition) is 11. The molecule has 1 aromatic carbocycles. The number of aromatic nitrogens is 2. The number of benzene rings is 1. The molecule has 0 saturated carbocycles. The first-order valence-electron chi connectivity index (χ1n) is 17.1. The number of carbonyl (C=O) groups excluding carboxylic acids is 6. The normalized spacial score (nSPS) is 14.3. The van der Waals surface area contributed by atoms with Crippen molar-refractivity contribution in [1.29, 1.82) is 0 Å². The molecule has 54 heavy (non-hydrogen) atoms. The van der Waals surface area contributed by atoms with Crippen molar-refractivity contribution in [2.75, 3.05) is 6.54 Å². The Kier molecular flexibility index (Phi) is 17.5. The summed E-state index contributed by atoms with van der Waals surface area (Å²) in [5.74, 6) is -7.58. The molecule has 20 nitrogen and oxygen atoms in total. The lowest BCUT2D eigenvalue weighted by Gasteiger charge is -2.25. The fourth-order valence-electron chi connectivity index (χ4n) is 4.92. The topological polar surface area (TPSA) is 324 Å². The molecule has 0 aliphatic carbocycles. The van der Waals surface area contributed by atoms with Gasteiger partial charge in [-0.05, 0) is 50.3 Å². The number of amides is 6. The number of H-pyrrole nitrogens is 1. The second-order valence-electron chi connectivity index (χ2n) is 13.1. The Balaban J connectivity index is 2.24. The van der Waals surface area contributed by atoms with Gasteiger partial charge in [-0.15, -0.1) is 0 Å². The van der Waals surface area contributed by atoms with E-state index < -0.39 is 103 Å². The standard InChI is InChI=1S/C34H49N9O11/c1-17(2)11-24(32(51)41-23(34(53)54)9-10-28(46)47)40-27(45)15-37-31(50)25(12-20-5-7-22(44)8-6-20)43-33(52)26(13-21-14-36-16-38-21)42-30(49)19(4)39-29(48)18(3)35/h5-8,14,16-19,23-26,44H,9-13,15,35H2,1-4H3,(H,36,38)(H,37,50)(H,39,48)(H,40,45)(H,41,51)(H,42,49)(H,43,52)(H,46,47)(H,53,54)/t18-,19-,23-,24-,25-,26-/m0/s1. The first-order valence-corrected chi connectivity index (χ1v) is 17.1. The highest BCUT2D eigenvalue weighted by Crippen LogP contribution is 2.12. The van der Waals surface area contributed by atoms with Gasteiger partial charge in [0.05, 0.1) is 18.9 Å². The summed E-state index contributed by atoms with van der Waals surface area (Å²) >= 11 is 0. The number of aliphatic carboxylic acids is 2. The third-order valence-corrected chi connectivity index (χ3v) is 7.83. The lowest BCUT2D eigenvalue weighted by Crippen LogP contribution is -2.58. The molecule has 20 heteroatoms. The second-order valence-corrected chi connectivity index (χ2v) is 13.1. The zero-order valence-electron chi connectivity index (χ0n) is 30.4. The molecule has 0 aliphatic heterocycles. The summed E-state index contributed by atoms with van der Waals surface area (Å²) < 4.78 is 0. The van der Waals surface area contributed by atoms with Gasteiger partial charge in [0.15, 0.2) is 0 Å². The van der Waals surface area contributed by atoms with Gasteiger partial charge < -0.3 is 57.9 Å². The zero-order chi connectivity index (χ0) is 40.5. The number of carboxylic acids is 2. The number of carbonyl (C=O) groups is 8.